The van der Waals surface area contributed by atoms with Gasteiger partial charge in [0.2, 0.25) is 0 Å². The minimum Gasteiger partial charge on any atom is -0.493 e. The first-order valence-electron chi connectivity index (χ1n) is 11.6. The molecular weight excluding hydrogens is 408 g/mol. The maximum Gasteiger partial charge on any atom is 0.175 e. The number of ether oxygens (including phenoxy) is 1. The summed E-state index contributed by atoms with van der Waals surface area (Å²) in [5, 5.41) is 12.2. The summed E-state index contributed by atoms with van der Waals surface area (Å²) in [4.78, 5) is 6.96. The summed E-state index contributed by atoms with van der Waals surface area (Å²) < 4.78 is 11.9. The summed E-state index contributed by atoms with van der Waals surface area (Å²) in [6, 6.07) is 4.24. The van der Waals surface area contributed by atoms with E-state index in [0.717, 1.165) is 79.0 Å². The number of aromatic nitrogens is 2. The lowest BCUT2D eigenvalue weighted by Gasteiger charge is -2.31. The molecule has 1 aliphatic heterocycles. The molecule has 1 N–H and O–H groups in total. The number of rotatable bonds is 10. The molecule has 166 valence electrons. The predicted molar refractivity (Wildman–Crippen MR) is 123 cm³/mol. The van der Waals surface area contributed by atoms with Crippen molar-refractivity contribution in [1.82, 2.24) is 20.4 Å². The van der Waals surface area contributed by atoms with Crippen LogP contribution in [0.4, 0.5) is 0 Å². The second-order valence-corrected chi connectivity index (χ2v) is 10.00. The van der Waals surface area contributed by atoms with Gasteiger partial charge in [-0.2, -0.15) is 0 Å². The second kappa shape index (κ2) is 9.67. The average molecular weight is 441 g/mol. The van der Waals surface area contributed by atoms with Crippen LogP contribution in [0.2, 0.25) is 0 Å². The highest BCUT2D eigenvalue weighted by atomic mass is 32.1. The lowest BCUT2D eigenvalue weighted by atomic mass is 9.91. The summed E-state index contributed by atoms with van der Waals surface area (Å²) in [6.45, 7) is 4.86. The van der Waals surface area contributed by atoms with Crippen molar-refractivity contribution in [2.24, 2.45) is 11.8 Å². The molecule has 5 rings (SSSR count). The van der Waals surface area contributed by atoms with E-state index < -0.39 is 0 Å². The standard InChI is InChI=1S/C24H32N4O2S/c1-25-14-20-22(29-16-18-2-3-18)7-5-19-21(27-30-24(19)20)6-4-17-8-11-28(12-9-17)15-23-26-10-13-31-23/h5,7,10,13,17-18,25H,2-4,6,8-9,11-12,14-16H2,1H3. The molecule has 1 saturated carbocycles. The molecule has 7 heteroatoms. The van der Waals surface area contributed by atoms with Gasteiger partial charge in [0.05, 0.1) is 24.4 Å². The van der Waals surface area contributed by atoms with Crippen molar-refractivity contribution in [1.29, 1.82) is 0 Å². The van der Waals surface area contributed by atoms with Gasteiger partial charge in [0.15, 0.2) is 5.58 Å². The maximum atomic E-state index is 6.10. The number of hydrogen-bond acceptors (Lipinski definition) is 7. The zero-order valence-corrected chi connectivity index (χ0v) is 19.1. The number of aryl methyl sites for hydroxylation is 1. The largest absolute Gasteiger partial charge is 0.493 e. The predicted octanol–water partition coefficient (Wildman–Crippen LogP) is 4.64. The Kier molecular flexibility index (Phi) is 6.53. The molecule has 2 aromatic heterocycles. The summed E-state index contributed by atoms with van der Waals surface area (Å²) in [5.41, 5.74) is 3.07. The van der Waals surface area contributed by atoms with E-state index in [9.17, 15) is 0 Å². The van der Waals surface area contributed by atoms with Crippen LogP contribution in [0, 0.1) is 11.8 Å². The Morgan fingerprint density at radius 1 is 1.19 bits per heavy atom. The Morgan fingerprint density at radius 2 is 2.06 bits per heavy atom. The van der Waals surface area contributed by atoms with Gasteiger partial charge in [-0.05, 0) is 82.6 Å². The third kappa shape index (κ3) is 5.10. The van der Waals surface area contributed by atoms with Crippen molar-refractivity contribution in [3.05, 3.63) is 40.0 Å². The van der Waals surface area contributed by atoms with Gasteiger partial charge in [-0.15, -0.1) is 11.3 Å². The lowest BCUT2D eigenvalue weighted by Crippen LogP contribution is -2.33. The second-order valence-electron chi connectivity index (χ2n) is 9.02. The molecule has 0 atom stereocenters. The number of thiazole rings is 1. The molecule has 0 amide bonds. The number of likely N-dealkylation sites (tertiary alicyclic amines) is 1. The van der Waals surface area contributed by atoms with Crippen LogP contribution in [-0.2, 0) is 19.5 Å². The third-order valence-electron chi connectivity index (χ3n) is 6.64. The number of benzene rings is 1. The topological polar surface area (TPSA) is 63.4 Å². The molecule has 0 spiro atoms. The highest BCUT2D eigenvalue weighted by molar-refractivity contribution is 7.09. The van der Waals surface area contributed by atoms with Crippen molar-refractivity contribution >= 4 is 22.3 Å². The fourth-order valence-corrected chi connectivity index (χ4v) is 5.20. The molecule has 0 radical (unpaired) electrons. The summed E-state index contributed by atoms with van der Waals surface area (Å²) in [7, 11) is 1.96. The van der Waals surface area contributed by atoms with Crippen LogP contribution in [0.1, 0.15) is 48.4 Å². The van der Waals surface area contributed by atoms with Crippen LogP contribution in [0.15, 0.2) is 28.2 Å². The maximum absolute atomic E-state index is 6.10. The van der Waals surface area contributed by atoms with E-state index in [1.54, 1.807) is 11.3 Å². The van der Waals surface area contributed by atoms with Gasteiger partial charge in [0.25, 0.3) is 0 Å². The first-order valence-corrected chi connectivity index (χ1v) is 12.5. The fraction of sp³-hybridized carbons (Fsp3) is 0.583. The minimum absolute atomic E-state index is 0.726. The van der Waals surface area contributed by atoms with Crippen LogP contribution in [0.25, 0.3) is 11.0 Å². The molecule has 3 heterocycles. The summed E-state index contributed by atoms with van der Waals surface area (Å²) in [6.07, 6.45) is 9.15. The molecule has 2 fully saturated rings. The number of nitrogens with one attached hydrogen (secondary N) is 1. The molecular formula is C24H32N4O2S. The lowest BCUT2D eigenvalue weighted by molar-refractivity contribution is 0.172. The van der Waals surface area contributed by atoms with Crippen molar-refractivity contribution < 1.29 is 9.26 Å². The zero-order chi connectivity index (χ0) is 21.0. The zero-order valence-electron chi connectivity index (χ0n) is 18.3. The third-order valence-corrected chi connectivity index (χ3v) is 7.40. The molecule has 0 unspecified atom stereocenters. The first-order chi connectivity index (χ1) is 15.3. The molecule has 31 heavy (non-hydrogen) atoms. The number of hydrogen-bond donors (Lipinski definition) is 1. The normalized spacial score (nSPS) is 18.1. The van der Waals surface area contributed by atoms with E-state index in [4.69, 9.17) is 9.26 Å². The summed E-state index contributed by atoms with van der Waals surface area (Å²) >= 11 is 1.75. The average Bonchev–Trinajstić information content (AvgIpc) is 3.30. The molecule has 1 saturated heterocycles. The van der Waals surface area contributed by atoms with Gasteiger partial charge in [-0.1, -0.05) is 5.16 Å². The van der Waals surface area contributed by atoms with Crippen molar-refractivity contribution in [3.63, 3.8) is 0 Å². The van der Waals surface area contributed by atoms with Gasteiger partial charge in [-0.25, -0.2) is 4.98 Å². The Labute approximate surface area is 188 Å². The van der Waals surface area contributed by atoms with Crippen LogP contribution in [0.3, 0.4) is 0 Å². The van der Waals surface area contributed by atoms with E-state index in [1.807, 2.05) is 13.2 Å². The molecule has 6 nitrogen and oxygen atoms in total. The highest BCUT2D eigenvalue weighted by Crippen LogP contribution is 2.34. The van der Waals surface area contributed by atoms with Crippen molar-refractivity contribution in [2.45, 2.75) is 51.6 Å². The van der Waals surface area contributed by atoms with Crippen LogP contribution < -0.4 is 10.1 Å². The molecule has 1 aromatic carbocycles. The molecule has 2 aliphatic rings. The Balaban J connectivity index is 1.19. The van der Waals surface area contributed by atoms with E-state index in [2.05, 4.69) is 37.9 Å². The van der Waals surface area contributed by atoms with Gasteiger partial charge in [0.1, 0.15) is 10.8 Å². The Hall–Kier alpha value is -1.96. The van der Waals surface area contributed by atoms with Crippen LogP contribution in [0.5, 0.6) is 5.75 Å². The van der Waals surface area contributed by atoms with E-state index in [1.165, 1.54) is 37.1 Å². The van der Waals surface area contributed by atoms with Gasteiger partial charge >= 0.3 is 0 Å². The first kappa shape index (κ1) is 20.9. The van der Waals surface area contributed by atoms with E-state index in [-0.39, 0.29) is 0 Å². The van der Waals surface area contributed by atoms with Crippen LogP contribution in [-0.4, -0.2) is 41.8 Å². The van der Waals surface area contributed by atoms with E-state index in [0.29, 0.717) is 0 Å². The monoisotopic (exact) mass is 440 g/mol. The quantitative estimate of drug-likeness (QED) is 0.496. The molecule has 1 aliphatic carbocycles. The van der Waals surface area contributed by atoms with Gasteiger partial charge in [0, 0.05) is 23.5 Å². The SMILES string of the molecule is CNCc1c(OCC2CC2)ccc2c(CCC3CCN(Cc4nccs4)CC3)noc12. The minimum atomic E-state index is 0.726. The Morgan fingerprint density at radius 3 is 2.81 bits per heavy atom. The fourth-order valence-electron chi connectivity index (χ4n) is 4.54. The smallest absolute Gasteiger partial charge is 0.175 e. The van der Waals surface area contributed by atoms with Gasteiger partial charge in [-0.3, -0.25) is 4.90 Å². The van der Waals surface area contributed by atoms with Crippen LogP contribution >= 0.6 is 11.3 Å². The molecule has 0 bridgehead atoms. The number of nitrogens with zero attached hydrogens (tertiary/aromatic N) is 3. The number of fused-ring (bicyclic) bond motifs is 1. The summed E-state index contributed by atoms with van der Waals surface area (Å²) in [5.74, 6) is 2.43. The Bertz CT molecular complexity index is 975. The molecule has 3 aromatic rings. The van der Waals surface area contributed by atoms with Crippen molar-refractivity contribution in [2.75, 3.05) is 26.7 Å². The number of piperidine rings is 1. The van der Waals surface area contributed by atoms with Crippen molar-refractivity contribution in [3.8, 4) is 5.75 Å². The van der Waals surface area contributed by atoms with Gasteiger partial charge < -0.3 is 14.6 Å². The van der Waals surface area contributed by atoms with E-state index >= 15 is 0 Å². The highest BCUT2D eigenvalue weighted by Gasteiger charge is 2.24.